The van der Waals surface area contributed by atoms with E-state index in [9.17, 15) is 0 Å². The summed E-state index contributed by atoms with van der Waals surface area (Å²) in [6, 6.07) is 0.452. The molecule has 0 saturated carbocycles. The summed E-state index contributed by atoms with van der Waals surface area (Å²) in [5, 5.41) is 0. The van der Waals surface area contributed by atoms with Crippen molar-refractivity contribution in [2.24, 2.45) is 0 Å². The highest BCUT2D eigenvalue weighted by Gasteiger charge is 1.91. The molecule has 0 aromatic carbocycles. The van der Waals surface area contributed by atoms with Crippen LogP contribution in [0.25, 0.3) is 0 Å². The van der Waals surface area contributed by atoms with E-state index < -0.39 is 0 Å². The molecule has 92 valence electrons. The molecule has 0 aliphatic rings. The lowest BCUT2D eigenvalue weighted by molar-refractivity contribution is 0.312. The molecule has 1 rings (SSSR count). The van der Waals surface area contributed by atoms with Gasteiger partial charge < -0.3 is 4.74 Å². The Hall–Kier alpha value is -1.12. The molecule has 1 aromatic rings. The van der Waals surface area contributed by atoms with Crippen LogP contribution >= 0.6 is 0 Å². The molecule has 3 nitrogen and oxygen atoms in total. The van der Waals surface area contributed by atoms with E-state index in [4.69, 9.17) is 4.74 Å². The fourth-order valence-corrected chi connectivity index (χ4v) is 1.08. The molecule has 0 atom stereocenters. The van der Waals surface area contributed by atoms with E-state index >= 15 is 0 Å². The molecular weight excluding hydrogens is 200 g/mol. The van der Waals surface area contributed by atoms with Crippen molar-refractivity contribution >= 4 is 0 Å². The topological polar surface area (TPSA) is 35.0 Å². The molecule has 0 bridgehead atoms. The van der Waals surface area contributed by atoms with Gasteiger partial charge in [-0.15, -0.1) is 0 Å². The van der Waals surface area contributed by atoms with E-state index in [0.29, 0.717) is 12.6 Å². The van der Waals surface area contributed by atoms with Crippen molar-refractivity contribution in [1.82, 2.24) is 9.97 Å². The first-order valence-electron chi connectivity index (χ1n) is 6.16. The van der Waals surface area contributed by atoms with Gasteiger partial charge in [-0.05, 0) is 19.4 Å². The summed E-state index contributed by atoms with van der Waals surface area (Å²) >= 11 is 0. The molecule has 0 saturated heterocycles. The van der Waals surface area contributed by atoms with Gasteiger partial charge in [0.25, 0.3) is 0 Å². The van der Waals surface area contributed by atoms with Crippen LogP contribution in [-0.2, 0) is 0 Å². The minimum Gasteiger partial charge on any atom is -0.464 e. The Labute approximate surface area is 99.3 Å². The van der Waals surface area contributed by atoms with Crippen LogP contribution in [0.1, 0.15) is 52.0 Å². The van der Waals surface area contributed by atoms with E-state index in [-0.39, 0.29) is 0 Å². The molecule has 1 heterocycles. The minimum absolute atomic E-state index is 0.452. The van der Waals surface area contributed by atoms with Crippen LogP contribution in [0, 0.1) is 6.92 Å². The first-order valence-corrected chi connectivity index (χ1v) is 6.16. The van der Waals surface area contributed by atoms with Crippen LogP contribution in [0.15, 0.2) is 12.4 Å². The molecule has 0 N–H and O–H groups in total. The Kier molecular flexibility index (Phi) is 9.67. The number of rotatable bonds is 5. The molecule has 0 radical (unpaired) electrons. The third-order valence-electron chi connectivity index (χ3n) is 1.99. The Morgan fingerprint density at radius 1 is 1.00 bits per heavy atom. The number of aryl methyl sites for hydroxylation is 1. The van der Waals surface area contributed by atoms with E-state index in [2.05, 4.69) is 23.8 Å². The summed E-state index contributed by atoms with van der Waals surface area (Å²) in [4.78, 5) is 7.87. The number of ether oxygens (including phenoxy) is 1. The van der Waals surface area contributed by atoms with Crippen molar-refractivity contribution in [3.63, 3.8) is 0 Å². The SMILES string of the molecule is CCCCCC.CCOc1ncc(C)cn1. The van der Waals surface area contributed by atoms with Crippen molar-refractivity contribution in [3.05, 3.63) is 18.0 Å². The second-order valence-corrected chi connectivity index (χ2v) is 3.68. The summed E-state index contributed by atoms with van der Waals surface area (Å²) in [5.41, 5.74) is 1.04. The average Bonchev–Trinajstić information content (AvgIpc) is 2.31. The van der Waals surface area contributed by atoms with Gasteiger partial charge in [0, 0.05) is 12.4 Å². The van der Waals surface area contributed by atoms with Crippen molar-refractivity contribution in [2.45, 2.75) is 53.4 Å². The van der Waals surface area contributed by atoms with Gasteiger partial charge in [0.2, 0.25) is 0 Å². The summed E-state index contributed by atoms with van der Waals surface area (Å²) in [6.07, 6.45) is 9.00. The monoisotopic (exact) mass is 224 g/mol. The lowest BCUT2D eigenvalue weighted by Crippen LogP contribution is -1.96. The third kappa shape index (κ3) is 8.21. The predicted molar refractivity (Wildman–Crippen MR) is 67.8 cm³/mol. The maximum Gasteiger partial charge on any atom is 0.316 e. The molecule has 3 heteroatoms. The summed E-state index contributed by atoms with van der Waals surface area (Å²) in [5.74, 6) is 0. The zero-order chi connectivity index (χ0) is 12.2. The van der Waals surface area contributed by atoms with Crippen LogP contribution in [0.2, 0.25) is 0 Å². The fraction of sp³-hybridized carbons (Fsp3) is 0.692. The van der Waals surface area contributed by atoms with Crippen LogP contribution in [0.4, 0.5) is 0 Å². The first kappa shape index (κ1) is 14.9. The lowest BCUT2D eigenvalue weighted by Gasteiger charge is -1.98. The number of nitrogens with zero attached hydrogens (tertiary/aromatic N) is 2. The average molecular weight is 224 g/mol. The Bertz CT molecular complexity index is 243. The standard InChI is InChI=1S/C7H10N2O.C6H14/c1-3-10-7-8-4-6(2)5-9-7;1-3-5-6-4-2/h4-5H,3H2,1-2H3;3-6H2,1-2H3. The largest absolute Gasteiger partial charge is 0.464 e. The first-order chi connectivity index (χ1) is 7.74. The Morgan fingerprint density at radius 3 is 1.88 bits per heavy atom. The fourth-order valence-electron chi connectivity index (χ4n) is 1.08. The van der Waals surface area contributed by atoms with E-state index in [1.54, 1.807) is 12.4 Å². The highest BCUT2D eigenvalue weighted by Crippen LogP contribution is 1.99. The maximum absolute atomic E-state index is 5.04. The zero-order valence-electron chi connectivity index (χ0n) is 11.0. The van der Waals surface area contributed by atoms with Gasteiger partial charge in [-0.25, -0.2) is 9.97 Å². The van der Waals surface area contributed by atoms with Gasteiger partial charge in [-0.1, -0.05) is 39.5 Å². The van der Waals surface area contributed by atoms with Crippen molar-refractivity contribution in [3.8, 4) is 6.01 Å². The van der Waals surface area contributed by atoms with Crippen LogP contribution < -0.4 is 4.74 Å². The van der Waals surface area contributed by atoms with Gasteiger partial charge in [-0.2, -0.15) is 0 Å². The third-order valence-corrected chi connectivity index (χ3v) is 1.99. The second-order valence-electron chi connectivity index (χ2n) is 3.68. The van der Waals surface area contributed by atoms with Crippen molar-refractivity contribution in [1.29, 1.82) is 0 Å². The Balaban J connectivity index is 0.000000325. The summed E-state index contributed by atoms with van der Waals surface area (Å²) < 4.78 is 5.04. The van der Waals surface area contributed by atoms with Gasteiger partial charge in [-0.3, -0.25) is 0 Å². The Morgan fingerprint density at radius 2 is 1.50 bits per heavy atom. The molecule has 0 aliphatic carbocycles. The number of hydrogen-bond donors (Lipinski definition) is 0. The van der Waals surface area contributed by atoms with Crippen molar-refractivity contribution < 1.29 is 4.74 Å². The molecular formula is C13H24N2O. The molecule has 0 amide bonds. The van der Waals surface area contributed by atoms with E-state index in [0.717, 1.165) is 5.56 Å². The highest BCUT2D eigenvalue weighted by molar-refractivity contribution is 5.04. The molecule has 16 heavy (non-hydrogen) atoms. The summed E-state index contributed by atoms with van der Waals surface area (Å²) in [7, 11) is 0. The predicted octanol–water partition coefficient (Wildman–Crippen LogP) is 3.77. The van der Waals surface area contributed by atoms with E-state index in [1.165, 1.54) is 25.7 Å². The normalized spacial score (nSPS) is 9.25. The van der Waals surface area contributed by atoms with E-state index in [1.807, 2.05) is 13.8 Å². The molecule has 1 aromatic heterocycles. The molecule has 0 aliphatic heterocycles. The zero-order valence-corrected chi connectivity index (χ0v) is 11.0. The van der Waals surface area contributed by atoms with Crippen molar-refractivity contribution in [2.75, 3.05) is 6.61 Å². The van der Waals surface area contributed by atoms with Crippen LogP contribution in [0.5, 0.6) is 6.01 Å². The highest BCUT2D eigenvalue weighted by atomic mass is 16.5. The number of aromatic nitrogens is 2. The van der Waals surface area contributed by atoms with Crippen LogP contribution in [0.3, 0.4) is 0 Å². The molecule has 0 fully saturated rings. The quantitative estimate of drug-likeness (QED) is 0.714. The van der Waals surface area contributed by atoms with Crippen LogP contribution in [-0.4, -0.2) is 16.6 Å². The molecule has 0 unspecified atom stereocenters. The maximum atomic E-state index is 5.04. The van der Waals surface area contributed by atoms with Gasteiger partial charge in [0.05, 0.1) is 6.61 Å². The van der Waals surface area contributed by atoms with Gasteiger partial charge >= 0.3 is 6.01 Å². The second kappa shape index (κ2) is 10.4. The number of hydrogen-bond acceptors (Lipinski definition) is 3. The number of unbranched alkanes of at least 4 members (excludes halogenated alkanes) is 3. The molecule has 0 spiro atoms. The van der Waals surface area contributed by atoms with Gasteiger partial charge in [0.1, 0.15) is 0 Å². The smallest absolute Gasteiger partial charge is 0.316 e. The van der Waals surface area contributed by atoms with Gasteiger partial charge in [0.15, 0.2) is 0 Å². The summed E-state index contributed by atoms with van der Waals surface area (Å²) in [6.45, 7) is 8.92. The minimum atomic E-state index is 0.452. The lowest BCUT2D eigenvalue weighted by atomic mass is 10.2.